The van der Waals surface area contributed by atoms with Gasteiger partial charge in [0.05, 0.1) is 18.8 Å². The molecule has 2 aromatic heterocycles. The number of aromatic nitrogens is 3. The minimum absolute atomic E-state index is 0.138. The van der Waals surface area contributed by atoms with E-state index in [4.69, 9.17) is 9.84 Å². The van der Waals surface area contributed by atoms with E-state index in [1.165, 1.54) is 13.2 Å². The number of para-hydroxylation sites is 1. The van der Waals surface area contributed by atoms with Crippen molar-refractivity contribution in [3.8, 4) is 22.7 Å². The standard InChI is InChI=1S/C23H23FN4OS/c1-16(23-25-11-12-30-23)27(2)14-17-15-28(18-7-5-4-6-8-18)26-22(17)20-10-9-19(29-3)13-21(20)24/h4-13,15-16H,14H2,1-3H3. The van der Waals surface area contributed by atoms with Crippen molar-refractivity contribution in [3.05, 3.63) is 82.7 Å². The van der Waals surface area contributed by atoms with Gasteiger partial charge in [0.2, 0.25) is 0 Å². The molecular weight excluding hydrogens is 399 g/mol. The Morgan fingerprint density at radius 3 is 2.67 bits per heavy atom. The summed E-state index contributed by atoms with van der Waals surface area (Å²) in [5, 5.41) is 7.76. The van der Waals surface area contributed by atoms with Crippen LogP contribution >= 0.6 is 11.3 Å². The van der Waals surface area contributed by atoms with E-state index in [0.717, 1.165) is 16.3 Å². The van der Waals surface area contributed by atoms with Crippen molar-refractivity contribution in [1.82, 2.24) is 19.7 Å². The van der Waals surface area contributed by atoms with E-state index in [0.29, 0.717) is 23.6 Å². The molecule has 0 N–H and O–H groups in total. The lowest BCUT2D eigenvalue weighted by molar-refractivity contribution is 0.253. The molecule has 0 saturated carbocycles. The summed E-state index contributed by atoms with van der Waals surface area (Å²) in [5.41, 5.74) is 2.94. The van der Waals surface area contributed by atoms with Crippen LogP contribution in [0.25, 0.3) is 16.9 Å². The number of rotatable bonds is 7. The Kier molecular flexibility index (Phi) is 5.92. The monoisotopic (exact) mass is 422 g/mol. The van der Waals surface area contributed by atoms with Gasteiger partial charge in [-0.15, -0.1) is 11.3 Å². The Morgan fingerprint density at radius 2 is 2.00 bits per heavy atom. The maximum absolute atomic E-state index is 14.9. The van der Waals surface area contributed by atoms with Crippen LogP contribution in [0, 0.1) is 5.82 Å². The number of nitrogens with zero attached hydrogens (tertiary/aromatic N) is 4. The highest BCUT2D eigenvalue weighted by molar-refractivity contribution is 7.09. The average molecular weight is 423 g/mol. The van der Waals surface area contributed by atoms with Gasteiger partial charge >= 0.3 is 0 Å². The number of methoxy groups -OCH3 is 1. The first-order chi connectivity index (χ1) is 14.6. The zero-order valence-electron chi connectivity index (χ0n) is 17.1. The fourth-order valence-electron chi connectivity index (χ4n) is 3.31. The quantitative estimate of drug-likeness (QED) is 0.403. The Hall–Kier alpha value is -3.03. The Labute approximate surface area is 179 Å². The molecule has 0 saturated heterocycles. The highest BCUT2D eigenvalue weighted by Gasteiger charge is 2.21. The largest absolute Gasteiger partial charge is 0.497 e. The first kappa shape index (κ1) is 20.3. The molecular formula is C23H23FN4OS. The Morgan fingerprint density at radius 1 is 1.20 bits per heavy atom. The number of hydrogen-bond donors (Lipinski definition) is 0. The predicted molar refractivity (Wildman–Crippen MR) is 118 cm³/mol. The van der Waals surface area contributed by atoms with Crippen LogP contribution in [-0.4, -0.2) is 33.8 Å². The molecule has 0 amide bonds. The fourth-order valence-corrected chi connectivity index (χ4v) is 4.07. The van der Waals surface area contributed by atoms with Crippen molar-refractivity contribution >= 4 is 11.3 Å². The van der Waals surface area contributed by atoms with E-state index in [-0.39, 0.29) is 11.9 Å². The van der Waals surface area contributed by atoms with Crippen LogP contribution in [0.15, 0.2) is 66.3 Å². The molecule has 0 fully saturated rings. The summed E-state index contributed by atoms with van der Waals surface area (Å²) >= 11 is 1.63. The smallest absolute Gasteiger partial charge is 0.136 e. The van der Waals surface area contributed by atoms with Crippen molar-refractivity contribution in [2.24, 2.45) is 0 Å². The molecule has 0 aliphatic carbocycles. The number of halogens is 1. The van der Waals surface area contributed by atoms with Crippen molar-refractivity contribution < 1.29 is 9.13 Å². The molecule has 2 heterocycles. The molecule has 7 heteroatoms. The topological polar surface area (TPSA) is 43.2 Å². The van der Waals surface area contributed by atoms with E-state index < -0.39 is 0 Å². The first-order valence-corrected chi connectivity index (χ1v) is 10.5. The predicted octanol–water partition coefficient (Wildman–Crippen LogP) is 5.34. The zero-order valence-corrected chi connectivity index (χ0v) is 17.9. The molecule has 1 atom stereocenters. The molecule has 154 valence electrons. The number of hydrogen-bond acceptors (Lipinski definition) is 5. The van der Waals surface area contributed by atoms with Gasteiger partial charge in [-0.2, -0.15) is 5.10 Å². The van der Waals surface area contributed by atoms with Crippen LogP contribution < -0.4 is 4.74 Å². The van der Waals surface area contributed by atoms with Gasteiger partial charge in [0.25, 0.3) is 0 Å². The maximum atomic E-state index is 14.9. The highest BCUT2D eigenvalue weighted by atomic mass is 32.1. The van der Waals surface area contributed by atoms with Crippen LogP contribution in [-0.2, 0) is 6.54 Å². The molecule has 0 aliphatic heterocycles. The zero-order chi connectivity index (χ0) is 21.1. The fraction of sp³-hybridized carbons (Fsp3) is 0.217. The third-order valence-electron chi connectivity index (χ3n) is 5.13. The summed E-state index contributed by atoms with van der Waals surface area (Å²) in [6, 6.07) is 14.8. The lowest BCUT2D eigenvalue weighted by Crippen LogP contribution is -2.22. The highest BCUT2D eigenvalue weighted by Crippen LogP contribution is 2.31. The van der Waals surface area contributed by atoms with Gasteiger partial charge in [0, 0.05) is 41.5 Å². The molecule has 0 spiro atoms. The van der Waals surface area contributed by atoms with E-state index in [9.17, 15) is 4.39 Å². The number of benzene rings is 2. The molecule has 2 aromatic carbocycles. The summed E-state index contributed by atoms with van der Waals surface area (Å²) in [6.45, 7) is 2.72. The summed E-state index contributed by atoms with van der Waals surface area (Å²) in [6.07, 6.45) is 3.79. The third-order valence-corrected chi connectivity index (χ3v) is 6.08. The molecule has 0 aliphatic rings. The van der Waals surface area contributed by atoms with Crippen LogP contribution in [0.1, 0.15) is 23.5 Å². The van der Waals surface area contributed by atoms with Crippen molar-refractivity contribution in [2.75, 3.05) is 14.2 Å². The first-order valence-electron chi connectivity index (χ1n) is 9.64. The van der Waals surface area contributed by atoms with E-state index >= 15 is 0 Å². The summed E-state index contributed by atoms with van der Waals surface area (Å²) < 4.78 is 21.8. The van der Waals surface area contributed by atoms with E-state index in [1.54, 1.807) is 28.2 Å². The molecule has 0 radical (unpaired) electrons. The molecule has 1 unspecified atom stereocenters. The molecule has 5 nitrogen and oxygen atoms in total. The summed E-state index contributed by atoms with van der Waals surface area (Å²) in [4.78, 5) is 6.62. The SMILES string of the molecule is COc1ccc(-c2nn(-c3ccccc3)cc2CN(C)C(C)c2nccs2)c(F)c1. The van der Waals surface area contributed by atoms with Gasteiger partial charge in [0.15, 0.2) is 0 Å². The van der Waals surface area contributed by atoms with Crippen LogP contribution in [0.2, 0.25) is 0 Å². The number of ether oxygens (including phenoxy) is 1. The van der Waals surface area contributed by atoms with Crippen LogP contribution in [0.3, 0.4) is 0 Å². The van der Waals surface area contributed by atoms with Gasteiger partial charge < -0.3 is 4.74 Å². The second-order valence-corrected chi connectivity index (χ2v) is 8.02. The van der Waals surface area contributed by atoms with Crippen LogP contribution in [0.5, 0.6) is 5.75 Å². The Bertz CT molecular complexity index is 1110. The average Bonchev–Trinajstić information content (AvgIpc) is 3.44. The molecule has 0 bridgehead atoms. The molecule has 4 rings (SSSR count). The summed E-state index contributed by atoms with van der Waals surface area (Å²) in [5.74, 6) is 0.124. The van der Waals surface area contributed by atoms with E-state index in [1.807, 2.05) is 55.2 Å². The van der Waals surface area contributed by atoms with Gasteiger partial charge in [-0.25, -0.2) is 14.1 Å². The Balaban J connectivity index is 1.73. The van der Waals surface area contributed by atoms with Crippen LogP contribution in [0.4, 0.5) is 4.39 Å². The summed E-state index contributed by atoms with van der Waals surface area (Å²) in [7, 11) is 3.57. The second-order valence-electron chi connectivity index (χ2n) is 7.09. The van der Waals surface area contributed by atoms with Crippen molar-refractivity contribution in [1.29, 1.82) is 0 Å². The van der Waals surface area contributed by atoms with Gasteiger partial charge in [-0.3, -0.25) is 4.90 Å². The second kappa shape index (κ2) is 8.77. The minimum atomic E-state index is -0.357. The van der Waals surface area contributed by atoms with Gasteiger partial charge in [-0.1, -0.05) is 18.2 Å². The third kappa shape index (κ3) is 4.13. The normalized spacial score (nSPS) is 12.3. The molecule has 30 heavy (non-hydrogen) atoms. The minimum Gasteiger partial charge on any atom is -0.497 e. The van der Waals surface area contributed by atoms with Gasteiger partial charge in [-0.05, 0) is 38.2 Å². The number of thiazole rings is 1. The van der Waals surface area contributed by atoms with Crippen molar-refractivity contribution in [2.45, 2.75) is 19.5 Å². The maximum Gasteiger partial charge on any atom is 0.136 e. The lowest BCUT2D eigenvalue weighted by atomic mass is 10.1. The van der Waals surface area contributed by atoms with Gasteiger partial charge in [0.1, 0.15) is 22.3 Å². The van der Waals surface area contributed by atoms with Crippen molar-refractivity contribution in [3.63, 3.8) is 0 Å². The molecule has 4 aromatic rings. The lowest BCUT2D eigenvalue weighted by Gasteiger charge is -2.22. The van der Waals surface area contributed by atoms with E-state index in [2.05, 4.69) is 16.8 Å².